The van der Waals surface area contributed by atoms with Gasteiger partial charge in [0.25, 0.3) is 0 Å². The number of carboxylic acids is 1. The molecular weight excluding hydrogens is 264 g/mol. The van der Waals surface area contributed by atoms with Crippen LogP contribution in [0.15, 0.2) is 48.8 Å². The third-order valence-corrected chi connectivity index (χ3v) is 3.94. The minimum absolute atomic E-state index is 0.0472. The van der Waals surface area contributed by atoms with Gasteiger partial charge in [0, 0.05) is 17.3 Å². The first-order chi connectivity index (χ1) is 10.1. The maximum absolute atomic E-state index is 11.6. The molecule has 1 N–H and O–H groups in total. The SMILES string of the molecule is Cc1c(C(=O)O)c2ccncc2n1C(C)c1ccccc1. The highest BCUT2D eigenvalue weighted by molar-refractivity contribution is 6.04. The van der Waals surface area contributed by atoms with Crippen LogP contribution in [-0.4, -0.2) is 20.6 Å². The summed E-state index contributed by atoms with van der Waals surface area (Å²) < 4.78 is 2.04. The van der Waals surface area contributed by atoms with E-state index in [1.165, 1.54) is 0 Å². The molecule has 4 heteroatoms. The van der Waals surface area contributed by atoms with Gasteiger partial charge in [-0.25, -0.2) is 4.79 Å². The quantitative estimate of drug-likeness (QED) is 0.796. The fraction of sp³-hybridized carbons (Fsp3) is 0.176. The maximum Gasteiger partial charge on any atom is 0.338 e. The second-order valence-electron chi connectivity index (χ2n) is 5.12. The van der Waals surface area contributed by atoms with Crippen molar-refractivity contribution in [2.24, 2.45) is 0 Å². The molecule has 0 saturated carbocycles. The zero-order valence-corrected chi connectivity index (χ0v) is 11.9. The standard InChI is InChI=1S/C17H16N2O2/c1-11(13-6-4-3-5-7-13)19-12(2)16(17(20)21)14-8-9-18-10-15(14)19/h3-11H,1-2H3,(H,20,21). The van der Waals surface area contributed by atoms with Crippen LogP contribution in [0.1, 0.15) is 34.6 Å². The van der Waals surface area contributed by atoms with Crippen LogP contribution < -0.4 is 0 Å². The minimum Gasteiger partial charge on any atom is -0.478 e. The molecular formula is C17H16N2O2. The van der Waals surface area contributed by atoms with Crippen LogP contribution in [0.2, 0.25) is 0 Å². The summed E-state index contributed by atoms with van der Waals surface area (Å²) in [6, 6.07) is 11.9. The van der Waals surface area contributed by atoms with Gasteiger partial charge in [0.1, 0.15) is 0 Å². The Morgan fingerprint density at radius 1 is 1.24 bits per heavy atom. The van der Waals surface area contributed by atoms with Crippen LogP contribution >= 0.6 is 0 Å². The number of hydrogen-bond acceptors (Lipinski definition) is 2. The van der Waals surface area contributed by atoms with Crippen LogP contribution in [0.4, 0.5) is 0 Å². The Morgan fingerprint density at radius 3 is 2.62 bits per heavy atom. The van der Waals surface area contributed by atoms with Crippen molar-refractivity contribution >= 4 is 16.9 Å². The van der Waals surface area contributed by atoms with Crippen molar-refractivity contribution in [1.82, 2.24) is 9.55 Å². The Morgan fingerprint density at radius 2 is 1.95 bits per heavy atom. The number of carbonyl (C=O) groups is 1. The minimum atomic E-state index is -0.900. The first kappa shape index (κ1) is 13.4. The van der Waals surface area contributed by atoms with Crippen LogP contribution in [0, 0.1) is 6.92 Å². The van der Waals surface area contributed by atoms with Gasteiger partial charge in [-0.2, -0.15) is 0 Å². The number of aromatic nitrogens is 2. The molecule has 0 aliphatic heterocycles. The van der Waals surface area contributed by atoms with Crippen molar-refractivity contribution in [3.05, 3.63) is 65.6 Å². The zero-order chi connectivity index (χ0) is 15.0. The van der Waals surface area contributed by atoms with Gasteiger partial charge in [0.15, 0.2) is 0 Å². The number of fused-ring (bicyclic) bond motifs is 1. The predicted molar refractivity (Wildman–Crippen MR) is 81.7 cm³/mol. The molecule has 0 aliphatic rings. The second kappa shape index (κ2) is 5.05. The molecule has 106 valence electrons. The van der Waals surface area contributed by atoms with Crippen LogP contribution in [0.5, 0.6) is 0 Å². The number of aromatic carboxylic acids is 1. The van der Waals surface area contributed by atoms with Gasteiger partial charge < -0.3 is 9.67 Å². The Bertz CT molecular complexity index is 806. The first-order valence-corrected chi connectivity index (χ1v) is 6.84. The van der Waals surface area contributed by atoms with Gasteiger partial charge in [-0.1, -0.05) is 30.3 Å². The normalized spacial score (nSPS) is 12.5. The monoisotopic (exact) mass is 280 g/mol. The molecule has 4 nitrogen and oxygen atoms in total. The highest BCUT2D eigenvalue weighted by Gasteiger charge is 2.22. The summed E-state index contributed by atoms with van der Waals surface area (Å²) in [4.78, 5) is 15.7. The predicted octanol–water partition coefficient (Wildman–Crippen LogP) is 3.65. The molecule has 0 aliphatic carbocycles. The van der Waals surface area contributed by atoms with Crippen molar-refractivity contribution in [3.8, 4) is 0 Å². The van der Waals surface area contributed by atoms with E-state index in [2.05, 4.69) is 11.9 Å². The number of benzene rings is 1. The van der Waals surface area contributed by atoms with Crippen molar-refractivity contribution < 1.29 is 9.90 Å². The van der Waals surface area contributed by atoms with E-state index in [1.54, 1.807) is 18.5 Å². The summed E-state index contributed by atoms with van der Waals surface area (Å²) >= 11 is 0. The summed E-state index contributed by atoms with van der Waals surface area (Å²) in [5, 5.41) is 10.2. The van der Waals surface area contributed by atoms with Gasteiger partial charge in [-0.05, 0) is 25.5 Å². The smallest absolute Gasteiger partial charge is 0.338 e. The van der Waals surface area contributed by atoms with E-state index in [9.17, 15) is 9.90 Å². The number of hydrogen-bond donors (Lipinski definition) is 1. The molecule has 1 aromatic carbocycles. The number of rotatable bonds is 3. The van der Waals surface area contributed by atoms with Gasteiger partial charge in [0.2, 0.25) is 0 Å². The zero-order valence-electron chi connectivity index (χ0n) is 11.9. The molecule has 0 amide bonds. The molecule has 1 atom stereocenters. The Labute approximate surface area is 122 Å². The highest BCUT2D eigenvalue weighted by Crippen LogP contribution is 2.31. The van der Waals surface area contributed by atoms with E-state index in [0.29, 0.717) is 5.56 Å². The molecule has 3 aromatic rings. The summed E-state index contributed by atoms with van der Waals surface area (Å²) in [5.74, 6) is -0.900. The number of carboxylic acid groups (broad SMARTS) is 1. The molecule has 21 heavy (non-hydrogen) atoms. The summed E-state index contributed by atoms with van der Waals surface area (Å²) in [7, 11) is 0. The molecule has 0 fully saturated rings. The topological polar surface area (TPSA) is 55.1 Å². The van der Waals surface area contributed by atoms with Crippen molar-refractivity contribution in [3.63, 3.8) is 0 Å². The Balaban J connectivity index is 2.28. The molecule has 0 spiro atoms. The van der Waals surface area contributed by atoms with E-state index in [-0.39, 0.29) is 6.04 Å². The summed E-state index contributed by atoms with van der Waals surface area (Å²) in [6.07, 6.45) is 3.36. The maximum atomic E-state index is 11.6. The van der Waals surface area contributed by atoms with Crippen molar-refractivity contribution in [2.45, 2.75) is 19.9 Å². The third kappa shape index (κ3) is 2.09. The molecule has 0 radical (unpaired) electrons. The second-order valence-corrected chi connectivity index (χ2v) is 5.12. The Hall–Kier alpha value is -2.62. The van der Waals surface area contributed by atoms with Gasteiger partial charge in [-0.15, -0.1) is 0 Å². The van der Waals surface area contributed by atoms with E-state index < -0.39 is 5.97 Å². The summed E-state index contributed by atoms with van der Waals surface area (Å²) in [6.45, 7) is 3.92. The lowest BCUT2D eigenvalue weighted by Gasteiger charge is -2.18. The first-order valence-electron chi connectivity index (χ1n) is 6.84. The van der Waals surface area contributed by atoms with Crippen LogP contribution in [0.3, 0.4) is 0 Å². The summed E-state index contributed by atoms with van der Waals surface area (Å²) in [5.41, 5.74) is 3.10. The number of pyridine rings is 1. The van der Waals surface area contributed by atoms with Crippen molar-refractivity contribution in [2.75, 3.05) is 0 Å². The van der Waals surface area contributed by atoms with Crippen LogP contribution in [0.25, 0.3) is 10.9 Å². The molecule has 0 saturated heterocycles. The van der Waals surface area contributed by atoms with E-state index in [1.807, 2.05) is 41.8 Å². The molecule has 3 rings (SSSR count). The average Bonchev–Trinajstić information content (AvgIpc) is 2.79. The highest BCUT2D eigenvalue weighted by atomic mass is 16.4. The Kier molecular flexibility index (Phi) is 3.22. The van der Waals surface area contributed by atoms with Gasteiger partial charge >= 0.3 is 5.97 Å². The average molecular weight is 280 g/mol. The lowest BCUT2D eigenvalue weighted by Crippen LogP contribution is -2.09. The van der Waals surface area contributed by atoms with Crippen LogP contribution in [-0.2, 0) is 0 Å². The molecule has 2 heterocycles. The molecule has 1 unspecified atom stereocenters. The van der Waals surface area contributed by atoms with Gasteiger partial charge in [-0.3, -0.25) is 4.98 Å². The molecule has 0 bridgehead atoms. The fourth-order valence-corrected chi connectivity index (χ4v) is 2.94. The van der Waals surface area contributed by atoms with E-state index in [4.69, 9.17) is 0 Å². The fourth-order valence-electron chi connectivity index (χ4n) is 2.94. The largest absolute Gasteiger partial charge is 0.478 e. The van der Waals surface area contributed by atoms with E-state index >= 15 is 0 Å². The lowest BCUT2D eigenvalue weighted by atomic mass is 10.1. The van der Waals surface area contributed by atoms with Crippen molar-refractivity contribution in [1.29, 1.82) is 0 Å². The molecule has 2 aromatic heterocycles. The third-order valence-electron chi connectivity index (χ3n) is 3.94. The number of nitrogens with zero attached hydrogens (tertiary/aromatic N) is 2. The lowest BCUT2D eigenvalue weighted by molar-refractivity contribution is 0.0698. The van der Waals surface area contributed by atoms with Gasteiger partial charge in [0.05, 0.1) is 23.3 Å². The van der Waals surface area contributed by atoms with E-state index in [0.717, 1.165) is 22.2 Å².